The molecule has 72 valence electrons. The smallest absolute Gasteiger partial charge is 0.172 e. The van der Waals surface area contributed by atoms with Crippen LogP contribution in [0.25, 0.3) is 0 Å². The summed E-state index contributed by atoms with van der Waals surface area (Å²) >= 11 is 5.67. The summed E-state index contributed by atoms with van der Waals surface area (Å²) < 4.78 is 4.82. The van der Waals surface area contributed by atoms with Gasteiger partial charge in [0.05, 0.1) is 24.1 Å². The van der Waals surface area contributed by atoms with Crippen LogP contribution in [0.5, 0.6) is 0 Å². The molecule has 0 saturated carbocycles. The van der Waals surface area contributed by atoms with Crippen LogP contribution in [0.4, 0.5) is 0 Å². The topological polar surface area (TPSA) is 95.9 Å². The zero-order valence-corrected chi connectivity index (χ0v) is 7.05. The summed E-state index contributed by atoms with van der Waals surface area (Å²) in [5, 5.41) is 26.3. The van der Waals surface area contributed by atoms with Crippen LogP contribution in [0.1, 0.15) is 0 Å². The predicted octanol–water partition coefficient (Wildman–Crippen LogP) is -2.01. The highest BCUT2D eigenvalue weighted by Gasteiger charge is 2.41. The first-order chi connectivity index (χ1) is 5.57. The normalized spacial score (nSPS) is 49.2. The van der Waals surface area contributed by atoms with Gasteiger partial charge in [-0.1, -0.05) is 0 Å². The SMILES string of the molecule is NC1[C@@H](O)[C@@H](Cl)C(CO)O[C@@H]1O. The maximum absolute atomic E-state index is 9.31. The van der Waals surface area contributed by atoms with E-state index < -0.39 is 29.9 Å². The first kappa shape index (κ1) is 10.2. The van der Waals surface area contributed by atoms with Crippen molar-refractivity contribution in [3.63, 3.8) is 0 Å². The molecule has 1 heterocycles. The Morgan fingerprint density at radius 3 is 2.50 bits per heavy atom. The molecular weight excluding hydrogens is 186 g/mol. The van der Waals surface area contributed by atoms with Gasteiger partial charge in [-0.15, -0.1) is 11.6 Å². The van der Waals surface area contributed by atoms with Crippen LogP contribution in [0.15, 0.2) is 0 Å². The van der Waals surface area contributed by atoms with Gasteiger partial charge in [-0.25, -0.2) is 0 Å². The van der Waals surface area contributed by atoms with E-state index in [9.17, 15) is 5.11 Å². The van der Waals surface area contributed by atoms with E-state index in [2.05, 4.69) is 0 Å². The van der Waals surface area contributed by atoms with Crippen LogP contribution in [0.3, 0.4) is 0 Å². The highest BCUT2D eigenvalue weighted by molar-refractivity contribution is 6.21. The van der Waals surface area contributed by atoms with E-state index in [0.717, 1.165) is 0 Å². The maximum atomic E-state index is 9.31. The lowest BCUT2D eigenvalue weighted by Gasteiger charge is -2.37. The zero-order chi connectivity index (χ0) is 9.30. The van der Waals surface area contributed by atoms with Gasteiger partial charge in [-0.3, -0.25) is 0 Å². The van der Waals surface area contributed by atoms with Crippen LogP contribution in [0.2, 0.25) is 0 Å². The number of rotatable bonds is 1. The van der Waals surface area contributed by atoms with Crippen molar-refractivity contribution < 1.29 is 20.1 Å². The minimum atomic E-state index is -1.27. The van der Waals surface area contributed by atoms with Crippen molar-refractivity contribution in [2.24, 2.45) is 5.73 Å². The molecule has 0 bridgehead atoms. The van der Waals surface area contributed by atoms with Crippen molar-refractivity contribution in [3.8, 4) is 0 Å². The largest absolute Gasteiger partial charge is 0.394 e. The van der Waals surface area contributed by atoms with Gasteiger partial charge in [-0.05, 0) is 0 Å². The lowest BCUT2D eigenvalue weighted by atomic mass is 10.0. The Labute approximate surface area is 74.7 Å². The highest BCUT2D eigenvalue weighted by atomic mass is 35.5. The van der Waals surface area contributed by atoms with Crippen molar-refractivity contribution in [1.29, 1.82) is 0 Å². The second-order valence-electron chi connectivity index (χ2n) is 2.76. The number of ether oxygens (including phenoxy) is 1. The third-order valence-corrected chi connectivity index (χ3v) is 2.44. The van der Waals surface area contributed by atoms with E-state index in [1.54, 1.807) is 0 Å². The van der Waals surface area contributed by atoms with Crippen LogP contribution in [-0.4, -0.2) is 51.8 Å². The molecule has 6 heteroatoms. The third kappa shape index (κ3) is 1.71. The summed E-state index contributed by atoms with van der Waals surface area (Å²) in [7, 11) is 0. The van der Waals surface area contributed by atoms with Crippen molar-refractivity contribution in [2.45, 2.75) is 29.9 Å². The molecule has 5 N–H and O–H groups in total. The van der Waals surface area contributed by atoms with Crippen LogP contribution in [0, 0.1) is 0 Å². The Hall–Kier alpha value is 0.0900. The van der Waals surface area contributed by atoms with Crippen molar-refractivity contribution in [2.75, 3.05) is 6.61 Å². The summed E-state index contributed by atoms with van der Waals surface area (Å²) in [5.74, 6) is 0. The fourth-order valence-corrected chi connectivity index (χ4v) is 1.40. The van der Waals surface area contributed by atoms with Gasteiger partial charge in [-0.2, -0.15) is 0 Å². The Balaban J connectivity index is 2.63. The Morgan fingerprint density at radius 1 is 1.42 bits per heavy atom. The number of nitrogens with two attached hydrogens (primary N) is 1. The van der Waals surface area contributed by atoms with Crippen molar-refractivity contribution in [3.05, 3.63) is 0 Å². The number of hydrogen-bond acceptors (Lipinski definition) is 5. The summed E-state index contributed by atoms with van der Waals surface area (Å²) in [5.41, 5.74) is 5.34. The first-order valence-electron chi connectivity index (χ1n) is 3.60. The Kier molecular flexibility index (Phi) is 3.28. The minimum Gasteiger partial charge on any atom is -0.394 e. The molecular formula is C6H12ClNO4. The highest BCUT2D eigenvalue weighted by Crippen LogP contribution is 2.22. The molecule has 0 radical (unpaired) electrons. The minimum absolute atomic E-state index is 0.352. The van der Waals surface area contributed by atoms with E-state index in [4.69, 9.17) is 32.3 Å². The van der Waals surface area contributed by atoms with Crippen molar-refractivity contribution >= 4 is 11.6 Å². The fraction of sp³-hybridized carbons (Fsp3) is 1.00. The van der Waals surface area contributed by atoms with E-state index in [0.29, 0.717) is 0 Å². The van der Waals surface area contributed by atoms with Gasteiger partial charge >= 0.3 is 0 Å². The van der Waals surface area contributed by atoms with Crippen molar-refractivity contribution in [1.82, 2.24) is 0 Å². The first-order valence-corrected chi connectivity index (χ1v) is 4.03. The number of hydrogen-bond donors (Lipinski definition) is 4. The van der Waals surface area contributed by atoms with Crippen LogP contribution < -0.4 is 5.73 Å². The summed E-state index contributed by atoms with van der Waals surface area (Å²) in [6.45, 7) is -0.352. The quantitative estimate of drug-likeness (QED) is 0.365. The number of halogens is 1. The molecule has 1 saturated heterocycles. The number of aliphatic hydroxyl groups excluding tert-OH is 3. The molecule has 5 atom stereocenters. The maximum Gasteiger partial charge on any atom is 0.172 e. The predicted molar refractivity (Wildman–Crippen MR) is 41.6 cm³/mol. The van der Waals surface area contributed by atoms with E-state index in [1.165, 1.54) is 0 Å². The van der Waals surface area contributed by atoms with E-state index in [1.807, 2.05) is 0 Å². The molecule has 0 aromatic heterocycles. The molecule has 0 aromatic carbocycles. The molecule has 0 amide bonds. The van der Waals surface area contributed by atoms with Gasteiger partial charge < -0.3 is 25.8 Å². The van der Waals surface area contributed by atoms with E-state index in [-0.39, 0.29) is 6.61 Å². The second-order valence-corrected chi connectivity index (χ2v) is 3.26. The van der Waals surface area contributed by atoms with Gasteiger partial charge in [0.1, 0.15) is 6.10 Å². The van der Waals surface area contributed by atoms with Gasteiger partial charge in [0.2, 0.25) is 0 Å². The molecule has 2 unspecified atom stereocenters. The monoisotopic (exact) mass is 197 g/mol. The zero-order valence-electron chi connectivity index (χ0n) is 6.30. The van der Waals surface area contributed by atoms with Gasteiger partial charge in [0.25, 0.3) is 0 Å². The number of aliphatic hydroxyl groups is 3. The molecule has 12 heavy (non-hydrogen) atoms. The third-order valence-electron chi connectivity index (χ3n) is 1.90. The molecule has 1 aliphatic rings. The molecule has 1 rings (SSSR count). The van der Waals surface area contributed by atoms with E-state index >= 15 is 0 Å². The average molecular weight is 198 g/mol. The molecule has 0 spiro atoms. The van der Waals surface area contributed by atoms with Crippen LogP contribution in [-0.2, 0) is 4.74 Å². The fourth-order valence-electron chi connectivity index (χ4n) is 1.09. The molecule has 5 nitrogen and oxygen atoms in total. The number of alkyl halides is 1. The standard InChI is InChI=1S/C6H12ClNO4/c7-3-2(1-9)12-6(11)4(8)5(3)10/h2-6,9-11H,1,8H2/t2?,3-,4?,5-,6-/m0/s1. The van der Waals surface area contributed by atoms with Crippen LogP contribution >= 0.6 is 11.6 Å². The summed E-state index contributed by atoms with van der Waals surface area (Å²) in [4.78, 5) is 0. The molecule has 0 aromatic rings. The average Bonchev–Trinajstić information content (AvgIpc) is 2.08. The Bertz CT molecular complexity index is 154. The molecule has 1 aliphatic heterocycles. The lowest BCUT2D eigenvalue weighted by molar-refractivity contribution is -0.205. The molecule has 0 aliphatic carbocycles. The summed E-state index contributed by atoms with van der Waals surface area (Å²) in [6.07, 6.45) is -3.10. The van der Waals surface area contributed by atoms with Gasteiger partial charge in [0, 0.05) is 0 Å². The second kappa shape index (κ2) is 3.87. The summed E-state index contributed by atoms with van der Waals surface area (Å²) in [6, 6.07) is -0.921. The lowest BCUT2D eigenvalue weighted by Crippen LogP contribution is -2.60. The van der Waals surface area contributed by atoms with Gasteiger partial charge in [0.15, 0.2) is 6.29 Å². The Morgan fingerprint density at radius 2 is 2.00 bits per heavy atom. The molecule has 1 fully saturated rings.